The monoisotopic (exact) mass is 755 g/mol. The Kier molecular flexibility index (Phi) is 9.15. The normalized spacial score (nSPS) is 12.5. The maximum Gasteiger partial charge on any atom is 0.0465 e. The summed E-state index contributed by atoms with van der Waals surface area (Å²) in [5.74, 6) is 0. The summed E-state index contributed by atoms with van der Waals surface area (Å²) in [5, 5.41) is 0. The first-order chi connectivity index (χ1) is 28.9. The zero-order valence-corrected chi connectivity index (χ0v) is 33.7. The van der Waals surface area contributed by atoms with Crippen molar-refractivity contribution in [3.05, 3.63) is 235 Å². The molecule has 0 saturated carbocycles. The average Bonchev–Trinajstić information content (AvgIpc) is 3.52. The fourth-order valence-electron chi connectivity index (χ4n) is 8.81. The van der Waals surface area contributed by atoms with Crippen molar-refractivity contribution in [2.24, 2.45) is 0 Å². The van der Waals surface area contributed by atoms with Crippen molar-refractivity contribution in [3.63, 3.8) is 0 Å². The van der Waals surface area contributed by atoms with Gasteiger partial charge in [-0.15, -0.1) is 0 Å². The highest BCUT2D eigenvalue weighted by Crippen LogP contribution is 2.51. The number of aryl methyl sites for hydroxylation is 1. The standard InChI is InChI=1S/C58H45N/c1-40-14-31-51(32-15-40)59(52-33-28-48(29-34-52)47-22-18-44(19-23-47)42-12-8-5-9-13-42)53-35-37-55-54-36-30-50(38-56(54)58(2,3)57(55)39-53)49-26-24-46(25-27-49)45-20-16-43(17-21-45)41-10-6-4-7-11-41/h4-39H,1-3H3. The van der Waals surface area contributed by atoms with Crippen LogP contribution in [0.15, 0.2) is 218 Å². The van der Waals surface area contributed by atoms with Gasteiger partial charge < -0.3 is 4.90 Å². The predicted octanol–water partition coefficient (Wildman–Crippen LogP) is 16.1. The Labute approximate surface area is 348 Å². The quantitative estimate of drug-likeness (QED) is 0.149. The van der Waals surface area contributed by atoms with Crippen molar-refractivity contribution in [1.82, 2.24) is 0 Å². The van der Waals surface area contributed by atoms with Crippen molar-refractivity contribution in [3.8, 4) is 66.8 Å². The second-order valence-electron chi connectivity index (χ2n) is 16.3. The SMILES string of the molecule is Cc1ccc(N(c2ccc(-c3ccc(-c4ccccc4)cc3)cc2)c2ccc3c(c2)C(C)(C)c2cc(-c4ccc(-c5ccc(-c6ccccc6)cc5)cc4)ccc2-3)cc1. The minimum absolute atomic E-state index is 0.175. The lowest BCUT2D eigenvalue weighted by Crippen LogP contribution is -2.16. The van der Waals surface area contributed by atoms with Gasteiger partial charge in [-0.05, 0) is 127 Å². The summed E-state index contributed by atoms with van der Waals surface area (Å²) in [4.78, 5) is 2.39. The largest absolute Gasteiger partial charge is 0.310 e. The molecule has 9 aromatic rings. The Balaban J connectivity index is 0.934. The first-order valence-corrected chi connectivity index (χ1v) is 20.6. The number of hydrogen-bond acceptors (Lipinski definition) is 1. The van der Waals surface area contributed by atoms with Gasteiger partial charge in [0.15, 0.2) is 0 Å². The molecule has 0 unspecified atom stereocenters. The van der Waals surface area contributed by atoms with Crippen LogP contribution in [0.2, 0.25) is 0 Å². The maximum atomic E-state index is 2.42. The predicted molar refractivity (Wildman–Crippen MR) is 251 cm³/mol. The number of fused-ring (bicyclic) bond motifs is 3. The van der Waals surface area contributed by atoms with Crippen LogP contribution in [0.3, 0.4) is 0 Å². The molecule has 282 valence electrons. The van der Waals surface area contributed by atoms with Gasteiger partial charge in [-0.3, -0.25) is 0 Å². The van der Waals surface area contributed by atoms with Crippen LogP contribution in [-0.4, -0.2) is 0 Å². The van der Waals surface area contributed by atoms with Crippen molar-refractivity contribution < 1.29 is 0 Å². The highest BCUT2D eigenvalue weighted by molar-refractivity contribution is 5.88. The second-order valence-corrected chi connectivity index (χ2v) is 16.3. The lowest BCUT2D eigenvalue weighted by Gasteiger charge is -2.28. The van der Waals surface area contributed by atoms with Crippen LogP contribution < -0.4 is 4.90 Å². The molecule has 0 aromatic heterocycles. The number of benzene rings is 9. The number of nitrogens with zero attached hydrogens (tertiary/aromatic N) is 1. The van der Waals surface area contributed by atoms with E-state index in [0.29, 0.717) is 0 Å². The number of hydrogen-bond donors (Lipinski definition) is 0. The van der Waals surface area contributed by atoms with Crippen LogP contribution in [0, 0.1) is 6.92 Å². The Morgan fingerprint density at radius 1 is 0.288 bits per heavy atom. The molecule has 1 heteroatoms. The summed E-state index contributed by atoms with van der Waals surface area (Å²) in [6, 6.07) is 79.9. The molecule has 0 aliphatic heterocycles. The molecule has 10 rings (SSSR count). The van der Waals surface area contributed by atoms with Gasteiger partial charge in [0.2, 0.25) is 0 Å². The molecule has 0 N–H and O–H groups in total. The average molecular weight is 756 g/mol. The maximum absolute atomic E-state index is 2.42. The Bertz CT molecular complexity index is 2890. The van der Waals surface area contributed by atoms with E-state index in [1.165, 1.54) is 83.5 Å². The Hall–Kier alpha value is -7.22. The molecule has 0 atom stereocenters. The Morgan fingerprint density at radius 2 is 0.593 bits per heavy atom. The zero-order chi connectivity index (χ0) is 39.9. The Morgan fingerprint density at radius 3 is 1.03 bits per heavy atom. The molecule has 0 radical (unpaired) electrons. The van der Waals surface area contributed by atoms with Crippen LogP contribution in [0.25, 0.3) is 66.8 Å². The molecular weight excluding hydrogens is 711 g/mol. The summed E-state index contributed by atoms with van der Waals surface area (Å²) in [5.41, 5.74) is 22.1. The smallest absolute Gasteiger partial charge is 0.0465 e. The van der Waals surface area contributed by atoms with E-state index in [9.17, 15) is 0 Å². The van der Waals surface area contributed by atoms with Crippen molar-refractivity contribution in [1.29, 1.82) is 0 Å². The van der Waals surface area contributed by atoms with Gasteiger partial charge in [-0.2, -0.15) is 0 Å². The van der Waals surface area contributed by atoms with Crippen molar-refractivity contribution in [2.45, 2.75) is 26.2 Å². The molecular formula is C58H45N. The van der Waals surface area contributed by atoms with Gasteiger partial charge in [0, 0.05) is 22.5 Å². The molecule has 0 fully saturated rings. The first kappa shape index (κ1) is 36.1. The van der Waals surface area contributed by atoms with Gasteiger partial charge in [-0.25, -0.2) is 0 Å². The molecule has 1 aliphatic rings. The van der Waals surface area contributed by atoms with Crippen molar-refractivity contribution in [2.75, 3.05) is 4.90 Å². The van der Waals surface area contributed by atoms with Gasteiger partial charge in [0.05, 0.1) is 0 Å². The van der Waals surface area contributed by atoms with E-state index in [1.807, 2.05) is 0 Å². The third kappa shape index (κ3) is 6.85. The lowest BCUT2D eigenvalue weighted by molar-refractivity contribution is 0.660. The van der Waals surface area contributed by atoms with Crippen LogP contribution in [0.5, 0.6) is 0 Å². The summed E-state index contributed by atoms with van der Waals surface area (Å²) in [7, 11) is 0. The highest BCUT2D eigenvalue weighted by atomic mass is 15.1. The third-order valence-electron chi connectivity index (χ3n) is 12.2. The van der Waals surface area contributed by atoms with Crippen LogP contribution in [-0.2, 0) is 5.41 Å². The molecule has 0 heterocycles. The van der Waals surface area contributed by atoms with Crippen LogP contribution in [0.4, 0.5) is 17.1 Å². The van der Waals surface area contributed by atoms with E-state index in [4.69, 9.17) is 0 Å². The molecule has 0 bridgehead atoms. The summed E-state index contributed by atoms with van der Waals surface area (Å²) >= 11 is 0. The minimum atomic E-state index is -0.175. The highest BCUT2D eigenvalue weighted by Gasteiger charge is 2.36. The summed E-state index contributed by atoms with van der Waals surface area (Å²) < 4.78 is 0. The number of rotatable bonds is 8. The summed E-state index contributed by atoms with van der Waals surface area (Å²) in [6.07, 6.45) is 0. The van der Waals surface area contributed by atoms with Gasteiger partial charge >= 0.3 is 0 Å². The van der Waals surface area contributed by atoms with Crippen molar-refractivity contribution >= 4 is 17.1 Å². The molecule has 1 nitrogen and oxygen atoms in total. The molecule has 0 saturated heterocycles. The van der Waals surface area contributed by atoms with Crippen LogP contribution >= 0.6 is 0 Å². The molecule has 59 heavy (non-hydrogen) atoms. The van der Waals surface area contributed by atoms with Gasteiger partial charge in [0.25, 0.3) is 0 Å². The zero-order valence-electron chi connectivity index (χ0n) is 33.7. The van der Waals surface area contributed by atoms with Gasteiger partial charge in [0.1, 0.15) is 0 Å². The minimum Gasteiger partial charge on any atom is -0.310 e. The molecule has 0 amide bonds. The van der Waals surface area contributed by atoms with E-state index < -0.39 is 0 Å². The van der Waals surface area contributed by atoms with E-state index >= 15 is 0 Å². The molecule has 9 aromatic carbocycles. The fourth-order valence-corrected chi connectivity index (χ4v) is 8.81. The lowest BCUT2D eigenvalue weighted by atomic mass is 9.81. The molecule has 0 spiro atoms. The first-order valence-electron chi connectivity index (χ1n) is 20.6. The molecule has 1 aliphatic carbocycles. The topological polar surface area (TPSA) is 3.24 Å². The third-order valence-corrected chi connectivity index (χ3v) is 12.2. The summed E-state index contributed by atoms with van der Waals surface area (Å²) in [6.45, 7) is 6.90. The van der Waals surface area contributed by atoms with E-state index in [2.05, 4.69) is 244 Å². The second kappa shape index (κ2) is 14.9. The van der Waals surface area contributed by atoms with Crippen LogP contribution in [0.1, 0.15) is 30.5 Å². The fraction of sp³-hybridized carbons (Fsp3) is 0.0690. The van der Waals surface area contributed by atoms with E-state index in [-0.39, 0.29) is 5.41 Å². The number of anilines is 3. The van der Waals surface area contributed by atoms with Gasteiger partial charge in [-0.1, -0.05) is 195 Å². The van der Waals surface area contributed by atoms with E-state index in [0.717, 1.165) is 17.1 Å². The van der Waals surface area contributed by atoms with E-state index in [1.54, 1.807) is 0 Å².